The molecule has 9 heteroatoms. The fourth-order valence-electron chi connectivity index (χ4n) is 4.59. The number of anilines is 2. The first-order valence-electron chi connectivity index (χ1n) is 11.3. The lowest BCUT2D eigenvalue weighted by Gasteiger charge is -2.36. The van der Waals surface area contributed by atoms with Crippen molar-refractivity contribution in [3.8, 4) is 0 Å². The van der Waals surface area contributed by atoms with Gasteiger partial charge in [-0.05, 0) is 61.4 Å². The van der Waals surface area contributed by atoms with Crippen molar-refractivity contribution in [1.82, 2.24) is 0 Å². The Morgan fingerprint density at radius 3 is 1.24 bits per heavy atom. The lowest BCUT2D eigenvalue weighted by Crippen LogP contribution is -2.40. The molecule has 0 N–H and O–H groups in total. The van der Waals surface area contributed by atoms with Gasteiger partial charge in [-0.15, -0.1) is 0 Å². The summed E-state index contributed by atoms with van der Waals surface area (Å²) < 4.78 is 93.6. The minimum absolute atomic E-state index is 0.0403. The van der Waals surface area contributed by atoms with E-state index >= 15 is 8.78 Å². The van der Waals surface area contributed by atoms with Crippen molar-refractivity contribution in [2.45, 2.75) is 26.3 Å². The molecule has 3 nitrogen and oxygen atoms in total. The van der Waals surface area contributed by atoms with E-state index in [9.17, 15) is 17.6 Å². The van der Waals surface area contributed by atoms with Gasteiger partial charge in [0.1, 0.15) is 0 Å². The zero-order chi connectivity index (χ0) is 26.4. The van der Waals surface area contributed by atoms with Crippen molar-refractivity contribution in [2.24, 2.45) is 0 Å². The lowest BCUT2D eigenvalue weighted by atomic mass is 10.0. The molecule has 1 aliphatic rings. The van der Waals surface area contributed by atoms with Gasteiger partial charge in [-0.25, -0.2) is 36.4 Å². The summed E-state index contributed by atoms with van der Waals surface area (Å²) in [4.78, 5) is 0. The van der Waals surface area contributed by atoms with Crippen LogP contribution >= 0.6 is 0 Å². The van der Waals surface area contributed by atoms with Gasteiger partial charge in [0.25, 0.3) is 0 Å². The fourth-order valence-corrected chi connectivity index (χ4v) is 4.59. The van der Waals surface area contributed by atoms with E-state index in [1.807, 2.05) is 0 Å². The van der Waals surface area contributed by atoms with Crippen LogP contribution < -0.4 is 10.0 Å². The van der Waals surface area contributed by atoms with Crippen LogP contribution in [0.2, 0.25) is 0 Å². The highest BCUT2D eigenvalue weighted by atomic mass is 19.2. The van der Waals surface area contributed by atoms with Gasteiger partial charge >= 0.3 is 0 Å². The summed E-state index contributed by atoms with van der Waals surface area (Å²) >= 11 is 0. The molecule has 1 heterocycles. The molecule has 2 atom stereocenters. The van der Waals surface area contributed by atoms with Crippen LogP contribution in [0, 0.1) is 48.8 Å². The molecule has 0 bridgehead atoms. The third kappa shape index (κ3) is 4.09. The standard InChI is InChI=1S/C28H20F6N2O/c1-15-13-19(29)23(31)25(33)21(15)27-35(17-9-5-3-6-10-17)36(18-11-7-4-8-12-18)28(37-27)22-16(2)14-20(30)24(32)26(22)34/h3-14,27-28H,1-2H3. The van der Waals surface area contributed by atoms with Crippen molar-refractivity contribution in [2.75, 3.05) is 10.0 Å². The Bertz CT molecular complexity index is 1350. The molecule has 4 aromatic carbocycles. The number of benzene rings is 4. The number of rotatable bonds is 4. The molecule has 4 aromatic rings. The summed E-state index contributed by atoms with van der Waals surface area (Å²) in [5.41, 5.74) is 0.293. The van der Waals surface area contributed by atoms with E-state index in [4.69, 9.17) is 4.74 Å². The van der Waals surface area contributed by atoms with E-state index in [1.54, 1.807) is 60.7 Å². The Kier molecular flexibility index (Phi) is 6.33. The average molecular weight is 514 g/mol. The molecule has 0 radical (unpaired) electrons. The van der Waals surface area contributed by atoms with E-state index in [0.29, 0.717) is 11.4 Å². The number of aryl methyl sites for hydroxylation is 2. The van der Waals surface area contributed by atoms with E-state index in [-0.39, 0.29) is 22.3 Å². The van der Waals surface area contributed by atoms with E-state index in [1.165, 1.54) is 23.9 Å². The molecule has 0 aromatic heterocycles. The van der Waals surface area contributed by atoms with Crippen molar-refractivity contribution in [1.29, 1.82) is 0 Å². The van der Waals surface area contributed by atoms with Crippen molar-refractivity contribution >= 4 is 11.4 Å². The highest BCUT2D eigenvalue weighted by molar-refractivity contribution is 5.62. The van der Waals surface area contributed by atoms with Crippen LogP contribution in [0.15, 0.2) is 72.8 Å². The summed E-state index contributed by atoms with van der Waals surface area (Å²) in [5.74, 6) is -9.08. The highest BCUT2D eigenvalue weighted by Gasteiger charge is 2.46. The minimum atomic E-state index is -1.69. The Morgan fingerprint density at radius 2 is 0.892 bits per heavy atom. The molecule has 1 fully saturated rings. The molecule has 0 saturated carbocycles. The van der Waals surface area contributed by atoms with Crippen molar-refractivity contribution in [3.63, 3.8) is 0 Å². The van der Waals surface area contributed by atoms with Crippen LogP contribution in [0.1, 0.15) is 34.7 Å². The highest BCUT2D eigenvalue weighted by Crippen LogP contribution is 2.49. The van der Waals surface area contributed by atoms with Crippen LogP contribution in [0.25, 0.3) is 0 Å². The maximum absolute atomic E-state index is 15.3. The van der Waals surface area contributed by atoms with Crippen molar-refractivity contribution in [3.05, 3.63) is 130 Å². The minimum Gasteiger partial charge on any atom is -0.323 e. The van der Waals surface area contributed by atoms with Crippen LogP contribution in [0.5, 0.6) is 0 Å². The van der Waals surface area contributed by atoms with Gasteiger partial charge < -0.3 is 4.74 Å². The maximum Gasteiger partial charge on any atom is 0.194 e. The zero-order valence-electron chi connectivity index (χ0n) is 19.7. The summed E-state index contributed by atoms with van der Waals surface area (Å²) in [7, 11) is 0. The number of hydrogen-bond donors (Lipinski definition) is 0. The van der Waals surface area contributed by atoms with Gasteiger partial charge in [0.15, 0.2) is 47.4 Å². The first-order chi connectivity index (χ1) is 17.7. The summed E-state index contributed by atoms with van der Waals surface area (Å²) in [6.45, 7) is 2.77. The molecular weight excluding hydrogens is 494 g/mol. The molecule has 190 valence electrons. The largest absolute Gasteiger partial charge is 0.323 e. The fraction of sp³-hybridized carbons (Fsp3) is 0.143. The average Bonchev–Trinajstić information content (AvgIpc) is 3.26. The number of ether oxygens (including phenoxy) is 1. The SMILES string of the molecule is Cc1cc(F)c(F)c(F)c1C1OC(c2c(C)cc(F)c(F)c2F)N(c2ccccc2)N1c1ccccc1. The van der Waals surface area contributed by atoms with Crippen LogP contribution in [0.3, 0.4) is 0 Å². The van der Waals surface area contributed by atoms with E-state index in [0.717, 1.165) is 12.1 Å². The number of para-hydroxylation sites is 2. The molecule has 1 aliphatic heterocycles. The Balaban J connectivity index is 1.81. The van der Waals surface area contributed by atoms with Crippen LogP contribution in [-0.2, 0) is 4.74 Å². The van der Waals surface area contributed by atoms with Crippen LogP contribution in [0.4, 0.5) is 37.7 Å². The first kappa shape index (κ1) is 24.7. The molecule has 1 saturated heterocycles. The monoisotopic (exact) mass is 514 g/mol. The second kappa shape index (κ2) is 9.48. The Labute approximate surface area is 209 Å². The van der Waals surface area contributed by atoms with E-state index in [2.05, 4.69) is 0 Å². The van der Waals surface area contributed by atoms with Gasteiger partial charge in [0, 0.05) is 11.1 Å². The number of halogens is 6. The molecule has 0 aliphatic carbocycles. The molecule has 0 spiro atoms. The van der Waals surface area contributed by atoms with Crippen molar-refractivity contribution < 1.29 is 31.1 Å². The van der Waals surface area contributed by atoms with Gasteiger partial charge in [-0.1, -0.05) is 36.4 Å². The van der Waals surface area contributed by atoms with Gasteiger partial charge in [-0.3, -0.25) is 0 Å². The second-order valence-corrected chi connectivity index (χ2v) is 8.63. The number of nitrogens with zero attached hydrogens (tertiary/aromatic N) is 2. The predicted molar refractivity (Wildman–Crippen MR) is 127 cm³/mol. The normalized spacial score (nSPS) is 17.5. The Hall–Kier alpha value is -3.98. The second-order valence-electron chi connectivity index (χ2n) is 8.63. The lowest BCUT2D eigenvalue weighted by molar-refractivity contribution is 0.0394. The topological polar surface area (TPSA) is 15.7 Å². The predicted octanol–water partition coefficient (Wildman–Crippen LogP) is 7.79. The van der Waals surface area contributed by atoms with Crippen LogP contribution in [-0.4, -0.2) is 0 Å². The van der Waals surface area contributed by atoms with Gasteiger partial charge in [0.2, 0.25) is 0 Å². The molecule has 2 unspecified atom stereocenters. The zero-order valence-corrected chi connectivity index (χ0v) is 19.7. The quantitative estimate of drug-likeness (QED) is 0.204. The Morgan fingerprint density at radius 1 is 0.541 bits per heavy atom. The smallest absolute Gasteiger partial charge is 0.194 e. The van der Waals surface area contributed by atoms with Gasteiger partial charge in [-0.2, -0.15) is 0 Å². The third-order valence-electron chi connectivity index (χ3n) is 6.28. The number of hydrazine groups is 1. The number of hydrogen-bond acceptors (Lipinski definition) is 3. The summed E-state index contributed by atoms with van der Waals surface area (Å²) in [6.07, 6.45) is -2.87. The molecular formula is C28H20F6N2O. The first-order valence-corrected chi connectivity index (χ1v) is 11.3. The summed E-state index contributed by atoms with van der Waals surface area (Å²) in [5, 5.41) is 2.89. The van der Waals surface area contributed by atoms with E-state index < -0.39 is 47.4 Å². The molecule has 0 amide bonds. The third-order valence-corrected chi connectivity index (χ3v) is 6.28. The maximum atomic E-state index is 15.3. The summed E-state index contributed by atoms with van der Waals surface area (Å²) in [6, 6.07) is 18.6. The molecule has 37 heavy (non-hydrogen) atoms. The molecule has 5 rings (SSSR count). The van der Waals surface area contributed by atoms with Gasteiger partial charge in [0.05, 0.1) is 11.4 Å².